The molecule has 1 aromatic heterocycles. The number of carbonyl (C=O) groups excluding carboxylic acids is 1. The Morgan fingerprint density at radius 2 is 2.17 bits per heavy atom. The zero-order valence-corrected chi connectivity index (χ0v) is 15.0. The molecule has 1 unspecified atom stereocenters. The highest BCUT2D eigenvalue weighted by atomic mass is 35.5. The van der Waals surface area contributed by atoms with Crippen LogP contribution in [-0.4, -0.2) is 40.7 Å². The second-order valence-corrected chi connectivity index (χ2v) is 6.87. The topological polar surface area (TPSA) is 50.2 Å². The van der Waals surface area contributed by atoms with Crippen LogP contribution in [0.5, 0.6) is 0 Å². The second-order valence-electron chi connectivity index (χ2n) is 6.47. The van der Waals surface area contributed by atoms with Crippen LogP contribution in [0.4, 0.5) is 0 Å². The number of carbonyl (C=O) groups is 1. The molecule has 0 spiro atoms. The molecule has 2 aromatic rings. The molecule has 24 heavy (non-hydrogen) atoms. The average molecular weight is 347 g/mol. The van der Waals surface area contributed by atoms with E-state index in [0.717, 1.165) is 17.7 Å². The van der Waals surface area contributed by atoms with Crippen molar-refractivity contribution < 1.29 is 4.79 Å². The van der Waals surface area contributed by atoms with Gasteiger partial charge in [0.25, 0.3) is 0 Å². The molecule has 1 aliphatic heterocycles. The van der Waals surface area contributed by atoms with Crippen LogP contribution in [-0.2, 0) is 11.8 Å². The van der Waals surface area contributed by atoms with Crippen molar-refractivity contribution in [1.82, 2.24) is 20.0 Å². The minimum absolute atomic E-state index is 0.0682. The summed E-state index contributed by atoms with van der Waals surface area (Å²) < 4.78 is 1.78. The van der Waals surface area contributed by atoms with Crippen LogP contribution >= 0.6 is 11.6 Å². The summed E-state index contributed by atoms with van der Waals surface area (Å²) in [6.45, 7) is 3.51. The first-order chi connectivity index (χ1) is 11.5. The third-order valence-electron chi connectivity index (χ3n) is 4.97. The molecule has 2 heterocycles. The zero-order chi connectivity index (χ0) is 17.3. The standard InChI is InChI=1S/C18H23ClN4O/c1-12(14-6-4-5-7-17(14)19)23(3)18(24)16-10-20-9-15(16)13-8-21-22(2)11-13/h4-8,11-12,15-16,20H,9-10H2,1-3H3/t12?,15-,16+/m1/s1. The van der Waals surface area contributed by atoms with Crippen LogP contribution in [0.3, 0.4) is 0 Å². The molecule has 1 amide bonds. The number of nitrogens with one attached hydrogen (secondary N) is 1. The van der Waals surface area contributed by atoms with E-state index in [1.54, 1.807) is 4.68 Å². The van der Waals surface area contributed by atoms with Gasteiger partial charge in [0, 0.05) is 44.3 Å². The number of nitrogens with zero attached hydrogens (tertiary/aromatic N) is 3. The number of amides is 1. The van der Waals surface area contributed by atoms with Gasteiger partial charge in [0.2, 0.25) is 5.91 Å². The summed E-state index contributed by atoms with van der Waals surface area (Å²) in [4.78, 5) is 14.9. The highest BCUT2D eigenvalue weighted by molar-refractivity contribution is 6.31. The first-order valence-corrected chi connectivity index (χ1v) is 8.57. The Kier molecular flexibility index (Phi) is 4.92. The third-order valence-corrected chi connectivity index (χ3v) is 5.31. The molecule has 1 aromatic carbocycles. The normalized spacial score (nSPS) is 21.7. The summed E-state index contributed by atoms with van der Waals surface area (Å²) in [6.07, 6.45) is 3.85. The SMILES string of the molecule is CC(c1ccccc1Cl)N(C)C(=O)[C@H]1CNC[C@@H]1c1cnn(C)c1. The van der Waals surface area contributed by atoms with Crippen molar-refractivity contribution in [3.8, 4) is 0 Å². The van der Waals surface area contributed by atoms with E-state index < -0.39 is 0 Å². The fourth-order valence-corrected chi connectivity index (χ4v) is 3.69. The van der Waals surface area contributed by atoms with Crippen molar-refractivity contribution >= 4 is 17.5 Å². The van der Waals surface area contributed by atoms with Gasteiger partial charge in [-0.1, -0.05) is 29.8 Å². The van der Waals surface area contributed by atoms with E-state index in [4.69, 9.17) is 11.6 Å². The minimum Gasteiger partial charge on any atom is -0.339 e. The van der Waals surface area contributed by atoms with Crippen molar-refractivity contribution in [2.45, 2.75) is 18.9 Å². The summed E-state index contributed by atoms with van der Waals surface area (Å²) in [5, 5.41) is 8.28. The molecule has 0 bridgehead atoms. The van der Waals surface area contributed by atoms with Crippen molar-refractivity contribution in [2.24, 2.45) is 13.0 Å². The fourth-order valence-electron chi connectivity index (χ4n) is 3.40. The molecule has 3 atom stereocenters. The third kappa shape index (κ3) is 3.19. The lowest BCUT2D eigenvalue weighted by atomic mass is 9.89. The number of aryl methyl sites for hydroxylation is 1. The number of hydrogen-bond donors (Lipinski definition) is 1. The largest absolute Gasteiger partial charge is 0.339 e. The van der Waals surface area contributed by atoms with Gasteiger partial charge in [0.05, 0.1) is 18.2 Å². The average Bonchev–Trinajstić information content (AvgIpc) is 3.21. The molecule has 0 radical (unpaired) electrons. The number of halogens is 1. The maximum atomic E-state index is 13.1. The molecule has 0 saturated carbocycles. The van der Waals surface area contributed by atoms with Crippen molar-refractivity contribution in [1.29, 1.82) is 0 Å². The minimum atomic E-state index is -0.0795. The number of aromatic nitrogens is 2. The van der Waals surface area contributed by atoms with Crippen LogP contribution in [0.25, 0.3) is 0 Å². The Morgan fingerprint density at radius 1 is 1.42 bits per heavy atom. The molecule has 3 rings (SSSR count). The molecular formula is C18H23ClN4O. The number of hydrogen-bond acceptors (Lipinski definition) is 3. The number of benzene rings is 1. The maximum Gasteiger partial charge on any atom is 0.227 e. The second kappa shape index (κ2) is 6.95. The monoisotopic (exact) mass is 346 g/mol. The Morgan fingerprint density at radius 3 is 2.83 bits per heavy atom. The molecule has 1 N–H and O–H groups in total. The van der Waals surface area contributed by atoms with Gasteiger partial charge in [0.1, 0.15) is 0 Å². The lowest BCUT2D eigenvalue weighted by Gasteiger charge is -2.30. The van der Waals surface area contributed by atoms with Crippen LogP contribution < -0.4 is 5.32 Å². The van der Waals surface area contributed by atoms with Crippen LogP contribution in [0.1, 0.15) is 30.0 Å². The Hall–Kier alpha value is -1.85. The van der Waals surface area contributed by atoms with E-state index in [2.05, 4.69) is 10.4 Å². The Bertz CT molecular complexity index is 729. The van der Waals surface area contributed by atoms with E-state index >= 15 is 0 Å². The maximum absolute atomic E-state index is 13.1. The summed E-state index contributed by atoms with van der Waals surface area (Å²) in [7, 11) is 3.75. The van der Waals surface area contributed by atoms with Gasteiger partial charge in [-0.25, -0.2) is 0 Å². The van der Waals surface area contributed by atoms with E-state index in [-0.39, 0.29) is 23.8 Å². The van der Waals surface area contributed by atoms with E-state index in [1.807, 2.05) is 62.6 Å². The van der Waals surface area contributed by atoms with Gasteiger partial charge in [-0.3, -0.25) is 9.48 Å². The first kappa shape index (κ1) is 17.0. The fraction of sp³-hybridized carbons (Fsp3) is 0.444. The van der Waals surface area contributed by atoms with E-state index in [1.165, 1.54) is 0 Å². The predicted octanol–water partition coefficient (Wildman–Crippen LogP) is 2.60. The van der Waals surface area contributed by atoms with Gasteiger partial charge in [-0.05, 0) is 24.1 Å². The van der Waals surface area contributed by atoms with Crippen LogP contribution in [0.15, 0.2) is 36.7 Å². The molecule has 1 aliphatic rings. The highest BCUT2D eigenvalue weighted by Gasteiger charge is 2.37. The summed E-state index contributed by atoms with van der Waals surface area (Å²) in [5.74, 6) is 0.220. The molecule has 1 saturated heterocycles. The predicted molar refractivity (Wildman–Crippen MR) is 94.9 cm³/mol. The van der Waals surface area contributed by atoms with E-state index in [9.17, 15) is 4.79 Å². The Labute approximate surface area is 147 Å². The molecule has 6 heteroatoms. The quantitative estimate of drug-likeness (QED) is 0.925. The van der Waals surface area contributed by atoms with Crippen molar-refractivity contribution in [3.05, 3.63) is 52.8 Å². The Balaban J connectivity index is 1.78. The van der Waals surface area contributed by atoms with Gasteiger partial charge in [0.15, 0.2) is 0 Å². The molecule has 1 fully saturated rings. The smallest absolute Gasteiger partial charge is 0.227 e. The van der Waals surface area contributed by atoms with E-state index in [0.29, 0.717) is 11.6 Å². The summed E-state index contributed by atoms with van der Waals surface area (Å²) in [6, 6.07) is 7.62. The van der Waals surface area contributed by atoms with Gasteiger partial charge >= 0.3 is 0 Å². The van der Waals surface area contributed by atoms with Crippen LogP contribution in [0, 0.1) is 5.92 Å². The van der Waals surface area contributed by atoms with Crippen molar-refractivity contribution in [3.63, 3.8) is 0 Å². The van der Waals surface area contributed by atoms with Crippen molar-refractivity contribution in [2.75, 3.05) is 20.1 Å². The lowest BCUT2D eigenvalue weighted by Crippen LogP contribution is -2.37. The van der Waals surface area contributed by atoms with Gasteiger partial charge < -0.3 is 10.2 Å². The summed E-state index contributed by atoms with van der Waals surface area (Å²) in [5.41, 5.74) is 2.08. The molecular weight excluding hydrogens is 324 g/mol. The molecule has 128 valence electrons. The van der Waals surface area contributed by atoms with Gasteiger partial charge in [-0.15, -0.1) is 0 Å². The van der Waals surface area contributed by atoms with Crippen LogP contribution in [0.2, 0.25) is 5.02 Å². The number of rotatable bonds is 4. The first-order valence-electron chi connectivity index (χ1n) is 8.19. The molecule has 5 nitrogen and oxygen atoms in total. The van der Waals surface area contributed by atoms with Gasteiger partial charge in [-0.2, -0.15) is 5.10 Å². The molecule has 0 aliphatic carbocycles. The zero-order valence-electron chi connectivity index (χ0n) is 14.2. The summed E-state index contributed by atoms with van der Waals surface area (Å²) >= 11 is 6.29. The lowest BCUT2D eigenvalue weighted by molar-refractivity contribution is -0.136. The highest BCUT2D eigenvalue weighted by Crippen LogP contribution is 2.32.